The van der Waals surface area contributed by atoms with Crippen molar-refractivity contribution in [2.45, 2.75) is 58.0 Å². The Morgan fingerprint density at radius 3 is 2.65 bits per heavy atom. The lowest BCUT2D eigenvalue weighted by Gasteiger charge is -2.39. The van der Waals surface area contributed by atoms with Crippen LogP contribution in [0.2, 0.25) is 0 Å². The Bertz CT molecular complexity index is 440. The second kappa shape index (κ2) is 6.25. The molecule has 2 N–H and O–H groups in total. The van der Waals surface area contributed by atoms with Crippen LogP contribution in [0.15, 0.2) is 24.4 Å². The summed E-state index contributed by atoms with van der Waals surface area (Å²) in [6.45, 7) is 6.42. The normalized spacial score (nSPS) is 18.2. The third-order valence-corrected chi connectivity index (χ3v) is 3.93. The first kappa shape index (κ1) is 14.8. The quantitative estimate of drug-likeness (QED) is 0.865. The molecular weight excluding hydrogens is 250 g/mol. The van der Waals surface area contributed by atoms with Crippen LogP contribution in [-0.4, -0.2) is 16.6 Å². The van der Waals surface area contributed by atoms with Crippen LogP contribution < -0.4 is 10.6 Å². The number of carbonyl (C=O) groups excluding carboxylic acids is 1. The third-order valence-electron chi connectivity index (χ3n) is 3.93. The summed E-state index contributed by atoms with van der Waals surface area (Å²) >= 11 is 0. The maximum absolute atomic E-state index is 12.2. The molecule has 1 saturated carbocycles. The molecule has 110 valence electrons. The maximum Gasteiger partial charge on any atom is 0.315 e. The number of amides is 2. The van der Waals surface area contributed by atoms with Crippen LogP contribution in [0.5, 0.6) is 0 Å². The monoisotopic (exact) mass is 275 g/mol. The van der Waals surface area contributed by atoms with Gasteiger partial charge < -0.3 is 10.6 Å². The Morgan fingerprint density at radius 2 is 2.15 bits per heavy atom. The second-order valence-electron chi connectivity index (χ2n) is 6.45. The number of pyridine rings is 1. The fourth-order valence-corrected chi connectivity index (χ4v) is 2.61. The fraction of sp³-hybridized carbons (Fsp3) is 0.625. The summed E-state index contributed by atoms with van der Waals surface area (Å²) in [6, 6.07) is 5.72. The number of nitrogens with zero attached hydrogens (tertiary/aromatic N) is 1. The Kier molecular flexibility index (Phi) is 4.63. The van der Waals surface area contributed by atoms with Gasteiger partial charge in [-0.3, -0.25) is 4.98 Å². The zero-order valence-electron chi connectivity index (χ0n) is 12.6. The summed E-state index contributed by atoms with van der Waals surface area (Å²) in [5.74, 6) is 0.501. The number of hydrogen-bond acceptors (Lipinski definition) is 2. The van der Waals surface area contributed by atoms with Crippen LogP contribution in [-0.2, 0) is 0 Å². The van der Waals surface area contributed by atoms with Crippen LogP contribution in [0.1, 0.15) is 58.2 Å². The minimum Gasteiger partial charge on any atom is -0.333 e. The molecule has 1 aromatic heterocycles. The van der Waals surface area contributed by atoms with E-state index in [0.717, 1.165) is 25.0 Å². The Hall–Kier alpha value is -1.58. The van der Waals surface area contributed by atoms with Crippen LogP contribution in [0, 0.1) is 5.92 Å². The third kappa shape index (κ3) is 3.95. The number of rotatable bonds is 5. The molecule has 2 amide bonds. The molecule has 0 aliphatic heterocycles. The minimum atomic E-state index is -0.0801. The molecule has 20 heavy (non-hydrogen) atoms. The molecule has 1 aliphatic rings. The van der Waals surface area contributed by atoms with E-state index in [1.807, 2.05) is 18.2 Å². The number of hydrogen-bond donors (Lipinski definition) is 2. The van der Waals surface area contributed by atoms with Crippen molar-refractivity contribution in [3.8, 4) is 0 Å². The molecule has 2 rings (SSSR count). The molecule has 0 radical (unpaired) electrons. The van der Waals surface area contributed by atoms with Gasteiger partial charge in [0.25, 0.3) is 0 Å². The molecular formula is C16H25N3O. The lowest BCUT2D eigenvalue weighted by atomic mass is 9.79. The van der Waals surface area contributed by atoms with Crippen molar-refractivity contribution >= 4 is 6.03 Å². The van der Waals surface area contributed by atoms with Gasteiger partial charge in [0.05, 0.1) is 11.7 Å². The first-order chi connectivity index (χ1) is 9.48. The van der Waals surface area contributed by atoms with Crippen molar-refractivity contribution in [3.05, 3.63) is 30.1 Å². The first-order valence-electron chi connectivity index (χ1n) is 7.48. The molecule has 0 spiro atoms. The smallest absolute Gasteiger partial charge is 0.315 e. The molecule has 0 unspecified atom stereocenters. The molecule has 4 heteroatoms. The highest BCUT2D eigenvalue weighted by atomic mass is 16.2. The standard InChI is InChI=1S/C16H25N3O/c1-12(2)11-14(13-7-4-5-10-17-13)18-15(20)19-16(3)8-6-9-16/h4-5,7,10,12,14H,6,8-9,11H2,1-3H3,(H2,18,19,20)/t14-/m1/s1. The van der Waals surface area contributed by atoms with Gasteiger partial charge in [0, 0.05) is 11.7 Å². The van der Waals surface area contributed by atoms with Crippen molar-refractivity contribution in [3.63, 3.8) is 0 Å². The number of nitrogens with one attached hydrogen (secondary N) is 2. The van der Waals surface area contributed by atoms with Gasteiger partial charge in [-0.1, -0.05) is 19.9 Å². The number of carbonyl (C=O) groups is 1. The SMILES string of the molecule is CC(C)C[C@@H](NC(=O)NC1(C)CCC1)c1ccccn1. The highest BCUT2D eigenvalue weighted by molar-refractivity contribution is 5.75. The Morgan fingerprint density at radius 1 is 1.40 bits per heavy atom. The van der Waals surface area contributed by atoms with Crippen LogP contribution in [0.4, 0.5) is 4.79 Å². The van der Waals surface area contributed by atoms with E-state index in [4.69, 9.17) is 0 Å². The van der Waals surface area contributed by atoms with E-state index in [-0.39, 0.29) is 17.6 Å². The average molecular weight is 275 g/mol. The summed E-state index contributed by atoms with van der Waals surface area (Å²) < 4.78 is 0. The van der Waals surface area contributed by atoms with Crippen LogP contribution >= 0.6 is 0 Å². The predicted octanol–water partition coefficient (Wildman–Crippen LogP) is 3.41. The van der Waals surface area contributed by atoms with E-state index >= 15 is 0 Å². The van der Waals surface area contributed by atoms with E-state index in [9.17, 15) is 4.79 Å². The maximum atomic E-state index is 12.2. The molecule has 4 nitrogen and oxygen atoms in total. The molecule has 0 aromatic carbocycles. The molecule has 1 atom stereocenters. The van der Waals surface area contributed by atoms with Crippen LogP contribution in [0.3, 0.4) is 0 Å². The topological polar surface area (TPSA) is 54.0 Å². The molecule has 1 aromatic rings. The van der Waals surface area contributed by atoms with Crippen molar-refractivity contribution in [2.75, 3.05) is 0 Å². The van der Waals surface area contributed by atoms with Gasteiger partial charge in [0.1, 0.15) is 0 Å². The summed E-state index contributed by atoms with van der Waals surface area (Å²) in [5.41, 5.74) is 0.909. The van der Waals surface area contributed by atoms with Gasteiger partial charge in [-0.2, -0.15) is 0 Å². The van der Waals surface area contributed by atoms with E-state index in [0.29, 0.717) is 5.92 Å². The summed E-state index contributed by atoms with van der Waals surface area (Å²) in [7, 11) is 0. The summed E-state index contributed by atoms with van der Waals surface area (Å²) in [5, 5.41) is 6.16. The molecule has 0 bridgehead atoms. The van der Waals surface area contributed by atoms with Gasteiger partial charge >= 0.3 is 6.03 Å². The predicted molar refractivity (Wildman–Crippen MR) is 80.4 cm³/mol. The first-order valence-corrected chi connectivity index (χ1v) is 7.48. The number of aromatic nitrogens is 1. The molecule has 0 saturated heterocycles. The molecule has 1 aliphatic carbocycles. The van der Waals surface area contributed by atoms with Crippen molar-refractivity contribution < 1.29 is 4.79 Å². The zero-order valence-corrected chi connectivity index (χ0v) is 12.6. The van der Waals surface area contributed by atoms with Crippen molar-refractivity contribution in [2.24, 2.45) is 5.92 Å². The van der Waals surface area contributed by atoms with Gasteiger partial charge in [0.2, 0.25) is 0 Å². The lowest BCUT2D eigenvalue weighted by molar-refractivity contribution is 0.187. The van der Waals surface area contributed by atoms with Gasteiger partial charge in [-0.15, -0.1) is 0 Å². The summed E-state index contributed by atoms with van der Waals surface area (Å²) in [6.07, 6.45) is 6.00. The largest absolute Gasteiger partial charge is 0.333 e. The molecule has 1 heterocycles. The van der Waals surface area contributed by atoms with E-state index in [2.05, 4.69) is 36.4 Å². The van der Waals surface area contributed by atoms with Crippen molar-refractivity contribution in [1.82, 2.24) is 15.6 Å². The number of urea groups is 1. The van der Waals surface area contributed by atoms with E-state index in [1.165, 1.54) is 6.42 Å². The minimum absolute atomic E-state index is 0.0173. The van der Waals surface area contributed by atoms with E-state index < -0.39 is 0 Å². The van der Waals surface area contributed by atoms with Gasteiger partial charge in [-0.05, 0) is 50.7 Å². The van der Waals surface area contributed by atoms with E-state index in [1.54, 1.807) is 6.20 Å². The Balaban J connectivity index is 1.98. The second-order valence-corrected chi connectivity index (χ2v) is 6.45. The zero-order chi connectivity index (χ0) is 14.6. The lowest BCUT2D eigenvalue weighted by Crippen LogP contribution is -2.54. The van der Waals surface area contributed by atoms with Gasteiger partial charge in [0.15, 0.2) is 0 Å². The summed E-state index contributed by atoms with van der Waals surface area (Å²) in [4.78, 5) is 16.5. The highest BCUT2D eigenvalue weighted by Gasteiger charge is 2.33. The van der Waals surface area contributed by atoms with Crippen LogP contribution in [0.25, 0.3) is 0 Å². The fourth-order valence-electron chi connectivity index (χ4n) is 2.61. The van der Waals surface area contributed by atoms with Crippen molar-refractivity contribution in [1.29, 1.82) is 0 Å². The molecule has 1 fully saturated rings. The van der Waals surface area contributed by atoms with Gasteiger partial charge in [-0.25, -0.2) is 4.79 Å². The average Bonchev–Trinajstić information content (AvgIpc) is 2.36. The Labute approximate surface area is 121 Å². The highest BCUT2D eigenvalue weighted by Crippen LogP contribution is 2.31.